The summed E-state index contributed by atoms with van der Waals surface area (Å²) < 4.78 is 12.5. The summed E-state index contributed by atoms with van der Waals surface area (Å²) in [6.07, 6.45) is 0. The molecule has 1 N–H and O–H groups in total. The van der Waals surface area contributed by atoms with Crippen molar-refractivity contribution in [2.75, 3.05) is 20.2 Å². The van der Waals surface area contributed by atoms with E-state index in [1.54, 1.807) is 7.05 Å². The smallest absolute Gasteiger partial charge is 0.253 e. The summed E-state index contributed by atoms with van der Waals surface area (Å²) in [5.74, 6) is -0.592. The van der Waals surface area contributed by atoms with Crippen LogP contribution < -0.4 is 0 Å². The number of nitrogens with zero attached hydrogens (tertiary/aromatic N) is 1. The highest BCUT2D eigenvalue weighted by Gasteiger charge is 2.10. The first-order valence-electron chi connectivity index (χ1n) is 4.27. The maximum absolute atomic E-state index is 12.5. The van der Waals surface area contributed by atoms with Gasteiger partial charge in [-0.2, -0.15) is 0 Å². The first kappa shape index (κ1) is 10.7. The minimum atomic E-state index is -0.369. The first-order valence-corrected chi connectivity index (χ1v) is 4.27. The van der Waals surface area contributed by atoms with Crippen LogP contribution in [0.15, 0.2) is 24.3 Å². The van der Waals surface area contributed by atoms with Gasteiger partial charge in [0.25, 0.3) is 5.91 Å². The molecule has 0 unspecified atom stereocenters. The van der Waals surface area contributed by atoms with Gasteiger partial charge in [-0.25, -0.2) is 4.39 Å². The molecule has 0 aliphatic carbocycles. The Kier molecular flexibility index (Phi) is 3.59. The van der Waals surface area contributed by atoms with Gasteiger partial charge in [-0.05, 0) is 24.3 Å². The second-order valence-electron chi connectivity index (χ2n) is 2.96. The second kappa shape index (κ2) is 4.72. The highest BCUT2D eigenvalue weighted by molar-refractivity contribution is 5.93. The zero-order valence-corrected chi connectivity index (χ0v) is 7.90. The Morgan fingerprint density at radius 3 is 2.50 bits per heavy atom. The molecule has 0 saturated carbocycles. The minimum Gasteiger partial charge on any atom is -0.395 e. The fourth-order valence-electron chi connectivity index (χ4n) is 1.06. The normalized spacial score (nSPS) is 9.93. The molecule has 0 atom stereocenters. The Hall–Kier alpha value is -1.42. The lowest BCUT2D eigenvalue weighted by atomic mass is 10.2. The van der Waals surface area contributed by atoms with Crippen molar-refractivity contribution < 1.29 is 14.3 Å². The van der Waals surface area contributed by atoms with Gasteiger partial charge in [-0.1, -0.05) is 0 Å². The van der Waals surface area contributed by atoms with Gasteiger partial charge >= 0.3 is 0 Å². The number of hydrogen-bond donors (Lipinski definition) is 1. The van der Waals surface area contributed by atoms with Gasteiger partial charge in [0.15, 0.2) is 0 Å². The monoisotopic (exact) mass is 197 g/mol. The molecule has 0 aliphatic rings. The van der Waals surface area contributed by atoms with E-state index < -0.39 is 0 Å². The van der Waals surface area contributed by atoms with Gasteiger partial charge in [-0.15, -0.1) is 0 Å². The quantitative estimate of drug-likeness (QED) is 0.781. The van der Waals surface area contributed by atoms with Crippen LogP contribution in [0.1, 0.15) is 10.4 Å². The molecule has 1 rings (SSSR count). The van der Waals surface area contributed by atoms with Crippen LogP contribution in [0.2, 0.25) is 0 Å². The fraction of sp³-hybridized carbons (Fsp3) is 0.300. The Bertz CT molecular complexity index is 310. The Morgan fingerprint density at radius 2 is 2.00 bits per heavy atom. The number of aliphatic hydroxyl groups is 1. The lowest BCUT2D eigenvalue weighted by Crippen LogP contribution is -2.29. The maximum atomic E-state index is 12.5. The molecule has 0 heterocycles. The number of carbonyl (C=O) groups is 1. The summed E-state index contributed by atoms with van der Waals surface area (Å²) in [7, 11) is 1.59. The molecule has 3 nitrogen and oxygen atoms in total. The number of hydrogen-bond acceptors (Lipinski definition) is 2. The number of aliphatic hydroxyl groups excluding tert-OH is 1. The molecule has 4 heteroatoms. The van der Waals surface area contributed by atoms with Gasteiger partial charge < -0.3 is 10.0 Å². The molecular weight excluding hydrogens is 185 g/mol. The van der Waals surface area contributed by atoms with Crippen molar-refractivity contribution in [3.05, 3.63) is 35.6 Å². The third kappa shape index (κ3) is 2.53. The van der Waals surface area contributed by atoms with Crippen LogP contribution in [0.25, 0.3) is 0 Å². The molecule has 1 aromatic carbocycles. The maximum Gasteiger partial charge on any atom is 0.253 e. The molecule has 76 valence electrons. The summed E-state index contributed by atoms with van der Waals surface area (Å²) >= 11 is 0. The first-order chi connectivity index (χ1) is 6.65. The van der Waals surface area contributed by atoms with Gasteiger partial charge in [0.1, 0.15) is 5.82 Å². The third-order valence-electron chi connectivity index (χ3n) is 1.87. The average molecular weight is 197 g/mol. The summed E-state index contributed by atoms with van der Waals surface area (Å²) in [5, 5.41) is 8.62. The van der Waals surface area contributed by atoms with Crippen LogP contribution in [-0.4, -0.2) is 36.1 Å². The topological polar surface area (TPSA) is 40.5 Å². The van der Waals surface area contributed by atoms with Gasteiger partial charge in [0.05, 0.1) is 6.61 Å². The predicted octanol–water partition coefficient (Wildman–Crippen LogP) is 0.890. The Morgan fingerprint density at radius 1 is 1.43 bits per heavy atom. The lowest BCUT2D eigenvalue weighted by Gasteiger charge is -2.15. The highest BCUT2D eigenvalue weighted by Crippen LogP contribution is 2.05. The zero-order chi connectivity index (χ0) is 10.6. The number of likely N-dealkylation sites (N-methyl/N-ethyl adjacent to an activating group) is 1. The van der Waals surface area contributed by atoms with Gasteiger partial charge in [0.2, 0.25) is 0 Å². The summed E-state index contributed by atoms with van der Waals surface area (Å²) in [5.41, 5.74) is 0.419. The minimum absolute atomic E-state index is 0.0799. The summed E-state index contributed by atoms with van der Waals surface area (Å²) in [6, 6.07) is 5.32. The highest BCUT2D eigenvalue weighted by atomic mass is 19.1. The van der Waals surface area contributed by atoms with E-state index in [9.17, 15) is 9.18 Å². The molecule has 0 radical (unpaired) electrons. The molecule has 1 amide bonds. The summed E-state index contributed by atoms with van der Waals surface area (Å²) in [4.78, 5) is 12.9. The molecule has 0 fully saturated rings. The van der Waals surface area contributed by atoms with E-state index in [-0.39, 0.29) is 24.9 Å². The molecule has 0 aromatic heterocycles. The van der Waals surface area contributed by atoms with E-state index in [1.807, 2.05) is 0 Å². The van der Waals surface area contributed by atoms with E-state index in [0.29, 0.717) is 5.56 Å². The van der Waals surface area contributed by atoms with Crippen molar-refractivity contribution in [2.24, 2.45) is 0 Å². The number of carbonyl (C=O) groups excluding carboxylic acids is 1. The van der Waals surface area contributed by atoms with Gasteiger partial charge in [-0.3, -0.25) is 4.79 Å². The second-order valence-corrected chi connectivity index (χ2v) is 2.96. The number of amides is 1. The van der Waals surface area contributed by atoms with E-state index in [0.717, 1.165) is 0 Å². The van der Waals surface area contributed by atoms with E-state index in [4.69, 9.17) is 5.11 Å². The van der Waals surface area contributed by atoms with Crippen molar-refractivity contribution >= 4 is 5.91 Å². The zero-order valence-electron chi connectivity index (χ0n) is 7.90. The molecule has 0 aliphatic heterocycles. The van der Waals surface area contributed by atoms with E-state index in [2.05, 4.69) is 0 Å². The van der Waals surface area contributed by atoms with E-state index >= 15 is 0 Å². The standard InChI is InChI=1S/C10H12FNO2/c1-12(6-7-13)10(14)8-2-4-9(11)5-3-8/h2-5,13H,6-7H2,1H3. The van der Waals surface area contributed by atoms with Crippen LogP contribution >= 0.6 is 0 Å². The number of benzene rings is 1. The molecule has 0 spiro atoms. The Labute approximate surface area is 81.8 Å². The SMILES string of the molecule is CN(CCO)C(=O)c1ccc(F)cc1. The molecule has 14 heavy (non-hydrogen) atoms. The molecule has 1 aromatic rings. The van der Waals surface area contributed by atoms with Crippen molar-refractivity contribution in [3.8, 4) is 0 Å². The van der Waals surface area contributed by atoms with Crippen molar-refractivity contribution in [3.63, 3.8) is 0 Å². The van der Waals surface area contributed by atoms with Crippen LogP contribution in [0, 0.1) is 5.82 Å². The number of halogens is 1. The number of rotatable bonds is 3. The van der Waals surface area contributed by atoms with Gasteiger partial charge in [0, 0.05) is 19.2 Å². The lowest BCUT2D eigenvalue weighted by molar-refractivity contribution is 0.0767. The molecular formula is C10H12FNO2. The predicted molar refractivity (Wildman–Crippen MR) is 50.4 cm³/mol. The molecule has 0 saturated heterocycles. The summed E-state index contributed by atoms with van der Waals surface area (Å²) in [6.45, 7) is 0.194. The average Bonchev–Trinajstić information content (AvgIpc) is 2.18. The van der Waals surface area contributed by atoms with Crippen LogP contribution in [0.3, 0.4) is 0 Å². The van der Waals surface area contributed by atoms with Crippen LogP contribution in [-0.2, 0) is 0 Å². The fourth-order valence-corrected chi connectivity index (χ4v) is 1.06. The van der Waals surface area contributed by atoms with Crippen LogP contribution in [0.5, 0.6) is 0 Å². The molecule has 0 bridgehead atoms. The Balaban J connectivity index is 2.74. The van der Waals surface area contributed by atoms with Crippen molar-refractivity contribution in [1.29, 1.82) is 0 Å². The van der Waals surface area contributed by atoms with Crippen molar-refractivity contribution in [2.45, 2.75) is 0 Å². The largest absolute Gasteiger partial charge is 0.395 e. The van der Waals surface area contributed by atoms with E-state index in [1.165, 1.54) is 29.2 Å². The van der Waals surface area contributed by atoms with Crippen molar-refractivity contribution in [1.82, 2.24) is 4.90 Å². The van der Waals surface area contributed by atoms with Crippen LogP contribution in [0.4, 0.5) is 4.39 Å². The third-order valence-corrected chi connectivity index (χ3v) is 1.87.